The lowest BCUT2D eigenvalue weighted by Gasteiger charge is -2.11. The molecule has 3 rings (SSSR count). The molecule has 24 heavy (non-hydrogen) atoms. The quantitative estimate of drug-likeness (QED) is 0.766. The topological polar surface area (TPSA) is 59.0 Å². The second kappa shape index (κ2) is 9.87. The van der Waals surface area contributed by atoms with Crippen molar-refractivity contribution >= 4 is 41.8 Å². The Morgan fingerprint density at radius 2 is 2.17 bits per heavy atom. The second-order valence-electron chi connectivity index (χ2n) is 6.00. The fraction of sp³-hybridized carbons (Fsp3) is 0.529. The largest absolute Gasteiger partial charge is 0.356 e. The fourth-order valence-corrected chi connectivity index (χ4v) is 3.17. The number of nitrogens with zero attached hydrogens (tertiary/aromatic N) is 2. The molecule has 1 aliphatic rings. The highest BCUT2D eigenvalue weighted by Crippen LogP contribution is 2.15. The zero-order chi connectivity index (χ0) is 15.4. The van der Waals surface area contributed by atoms with E-state index >= 15 is 0 Å². The third-order valence-corrected chi connectivity index (χ3v) is 4.32. The lowest BCUT2D eigenvalue weighted by Crippen LogP contribution is -2.32. The second-order valence-corrected chi connectivity index (χ2v) is 6.00. The van der Waals surface area contributed by atoms with Crippen LogP contribution in [0.1, 0.15) is 31.5 Å². The molecule has 0 bridgehead atoms. The number of hydrogen-bond acceptors (Lipinski definition) is 3. The van der Waals surface area contributed by atoms with E-state index in [4.69, 9.17) is 0 Å². The first-order valence-electron chi connectivity index (χ1n) is 8.16. The number of amides is 1. The van der Waals surface area contributed by atoms with Gasteiger partial charge in [-0.3, -0.25) is 4.79 Å². The van der Waals surface area contributed by atoms with Crippen LogP contribution >= 0.6 is 24.8 Å². The Labute approximate surface area is 155 Å². The molecule has 1 aliphatic heterocycles. The molecule has 2 aromatic rings. The maximum absolute atomic E-state index is 11.9. The van der Waals surface area contributed by atoms with Crippen molar-refractivity contribution in [2.24, 2.45) is 0 Å². The van der Waals surface area contributed by atoms with Crippen LogP contribution < -0.4 is 10.6 Å². The van der Waals surface area contributed by atoms with E-state index in [1.54, 1.807) is 0 Å². The summed E-state index contributed by atoms with van der Waals surface area (Å²) in [6.07, 6.45) is 3.83. The molecule has 0 aliphatic carbocycles. The summed E-state index contributed by atoms with van der Waals surface area (Å²) in [6.45, 7) is 4.68. The third kappa shape index (κ3) is 5.10. The summed E-state index contributed by atoms with van der Waals surface area (Å²) in [5.41, 5.74) is 2.21. The number of carbonyl (C=O) groups excluding carboxylic acids is 1. The number of aryl methyl sites for hydroxylation is 2. The molecular formula is C17H26Cl2N4O. The van der Waals surface area contributed by atoms with Gasteiger partial charge in [-0.25, -0.2) is 4.98 Å². The van der Waals surface area contributed by atoms with Crippen molar-refractivity contribution in [3.05, 3.63) is 30.1 Å². The average Bonchev–Trinajstić information content (AvgIpc) is 3.11. The summed E-state index contributed by atoms with van der Waals surface area (Å²) in [5.74, 6) is 1.19. The van der Waals surface area contributed by atoms with Crippen LogP contribution in [0.3, 0.4) is 0 Å². The normalized spacial score (nSPS) is 16.5. The minimum Gasteiger partial charge on any atom is -0.356 e. The molecule has 7 heteroatoms. The van der Waals surface area contributed by atoms with E-state index in [0.717, 1.165) is 43.8 Å². The number of fused-ring (bicyclic) bond motifs is 1. The molecule has 2 heterocycles. The first kappa shape index (κ1) is 20.7. The Balaban J connectivity index is 0.00000144. The minimum absolute atomic E-state index is 0. The molecule has 5 nitrogen and oxygen atoms in total. The van der Waals surface area contributed by atoms with E-state index in [2.05, 4.69) is 26.3 Å². The smallest absolute Gasteiger partial charge is 0.221 e. The summed E-state index contributed by atoms with van der Waals surface area (Å²) in [7, 11) is 0. The van der Waals surface area contributed by atoms with E-state index in [9.17, 15) is 4.79 Å². The molecule has 1 aromatic carbocycles. The summed E-state index contributed by atoms with van der Waals surface area (Å²) < 4.78 is 2.22. The van der Waals surface area contributed by atoms with Gasteiger partial charge in [-0.05, 0) is 44.9 Å². The maximum Gasteiger partial charge on any atom is 0.221 e. The lowest BCUT2D eigenvalue weighted by atomic mass is 10.1. The van der Waals surface area contributed by atoms with Gasteiger partial charge in [0.15, 0.2) is 0 Å². The number of benzene rings is 1. The Hall–Kier alpha value is -1.30. The lowest BCUT2D eigenvalue weighted by molar-refractivity contribution is -0.121. The third-order valence-electron chi connectivity index (χ3n) is 4.32. The van der Waals surface area contributed by atoms with E-state index < -0.39 is 0 Å². The van der Waals surface area contributed by atoms with Crippen molar-refractivity contribution < 1.29 is 4.79 Å². The highest BCUT2D eigenvalue weighted by molar-refractivity contribution is 5.85. The number of aromatic nitrogens is 2. The van der Waals surface area contributed by atoms with Crippen LogP contribution in [0.2, 0.25) is 0 Å². The average molecular weight is 373 g/mol. The van der Waals surface area contributed by atoms with Crippen LogP contribution in [0.15, 0.2) is 24.3 Å². The predicted octanol–water partition coefficient (Wildman–Crippen LogP) is 2.84. The molecule has 1 amide bonds. The zero-order valence-corrected chi connectivity index (χ0v) is 15.6. The molecule has 134 valence electrons. The SMILES string of the molecule is Cc1nc2ccccc2n1CCCNC(=O)CC1CCCN1.Cl.Cl. The number of nitrogens with one attached hydrogen (secondary N) is 2. The summed E-state index contributed by atoms with van der Waals surface area (Å²) in [6, 6.07) is 8.56. The molecule has 1 fully saturated rings. The number of carbonyl (C=O) groups is 1. The van der Waals surface area contributed by atoms with Gasteiger partial charge < -0.3 is 15.2 Å². The van der Waals surface area contributed by atoms with Crippen LogP contribution in [0.25, 0.3) is 11.0 Å². The molecule has 0 saturated carbocycles. The van der Waals surface area contributed by atoms with Gasteiger partial charge in [-0.2, -0.15) is 0 Å². The molecule has 0 radical (unpaired) electrons. The van der Waals surface area contributed by atoms with Gasteiger partial charge in [0.05, 0.1) is 11.0 Å². The number of para-hydroxylation sites is 2. The highest BCUT2D eigenvalue weighted by Gasteiger charge is 2.17. The predicted molar refractivity (Wildman–Crippen MR) is 102 cm³/mol. The number of hydrogen-bond donors (Lipinski definition) is 2. The van der Waals surface area contributed by atoms with Gasteiger partial charge in [-0.15, -0.1) is 24.8 Å². The number of rotatable bonds is 6. The first-order valence-corrected chi connectivity index (χ1v) is 8.16. The standard InChI is InChI=1S/C17H24N4O.2ClH/c1-13-20-15-7-2-3-8-16(15)21(13)11-5-10-19-17(22)12-14-6-4-9-18-14;;/h2-3,7-8,14,18H,4-6,9-12H2,1H3,(H,19,22);2*1H. The number of imidazole rings is 1. The summed E-state index contributed by atoms with van der Waals surface area (Å²) in [4.78, 5) is 16.4. The Bertz CT molecular complexity index is 653. The first-order chi connectivity index (χ1) is 10.7. The molecule has 0 spiro atoms. The van der Waals surface area contributed by atoms with E-state index in [-0.39, 0.29) is 30.7 Å². The highest BCUT2D eigenvalue weighted by atomic mass is 35.5. The van der Waals surface area contributed by atoms with Gasteiger partial charge >= 0.3 is 0 Å². The summed E-state index contributed by atoms with van der Waals surface area (Å²) >= 11 is 0. The van der Waals surface area contributed by atoms with Crippen LogP contribution in [0.4, 0.5) is 0 Å². The van der Waals surface area contributed by atoms with Crippen molar-refractivity contribution in [3.63, 3.8) is 0 Å². The molecule has 1 atom stereocenters. The molecule has 2 N–H and O–H groups in total. The monoisotopic (exact) mass is 372 g/mol. The Morgan fingerprint density at radius 1 is 1.38 bits per heavy atom. The number of halogens is 2. The van der Waals surface area contributed by atoms with Crippen molar-refractivity contribution in [1.82, 2.24) is 20.2 Å². The van der Waals surface area contributed by atoms with Crippen LogP contribution in [-0.2, 0) is 11.3 Å². The van der Waals surface area contributed by atoms with Gasteiger partial charge in [-0.1, -0.05) is 12.1 Å². The van der Waals surface area contributed by atoms with Crippen LogP contribution in [-0.4, -0.2) is 34.6 Å². The maximum atomic E-state index is 11.9. The summed E-state index contributed by atoms with van der Waals surface area (Å²) in [5, 5.41) is 6.38. The van der Waals surface area contributed by atoms with Gasteiger partial charge in [0.25, 0.3) is 0 Å². The van der Waals surface area contributed by atoms with E-state index in [1.165, 1.54) is 11.9 Å². The molecule has 1 unspecified atom stereocenters. The minimum atomic E-state index is 0. The van der Waals surface area contributed by atoms with Gasteiger partial charge in [0, 0.05) is 25.6 Å². The van der Waals surface area contributed by atoms with Gasteiger partial charge in [0.1, 0.15) is 5.82 Å². The van der Waals surface area contributed by atoms with Crippen molar-refractivity contribution in [3.8, 4) is 0 Å². The zero-order valence-electron chi connectivity index (χ0n) is 14.0. The van der Waals surface area contributed by atoms with E-state index in [0.29, 0.717) is 12.5 Å². The van der Waals surface area contributed by atoms with Crippen molar-refractivity contribution in [2.45, 2.75) is 45.2 Å². The van der Waals surface area contributed by atoms with Gasteiger partial charge in [0.2, 0.25) is 5.91 Å². The van der Waals surface area contributed by atoms with Crippen molar-refractivity contribution in [2.75, 3.05) is 13.1 Å². The van der Waals surface area contributed by atoms with Crippen LogP contribution in [0.5, 0.6) is 0 Å². The Morgan fingerprint density at radius 3 is 2.92 bits per heavy atom. The fourth-order valence-electron chi connectivity index (χ4n) is 3.17. The van der Waals surface area contributed by atoms with Crippen molar-refractivity contribution in [1.29, 1.82) is 0 Å². The van der Waals surface area contributed by atoms with E-state index in [1.807, 2.05) is 25.1 Å². The van der Waals surface area contributed by atoms with Crippen LogP contribution in [0, 0.1) is 6.92 Å². The molecular weight excluding hydrogens is 347 g/mol. The molecule has 1 aromatic heterocycles. The Kier molecular flexibility index (Phi) is 8.53. The molecule has 1 saturated heterocycles.